The number of anilines is 1. The standard InChI is InChI=1S/C16H21ClN2O/c1-18-11-7-9-12(14(18)10-8-11)16(20)19(2)15-6-4-3-5-13(15)17/h3-6,11-12,14H,7-10H2,1-2H3/t11?,12-,14?/m0/s1. The molecule has 2 aliphatic heterocycles. The smallest absolute Gasteiger partial charge is 0.231 e. The zero-order valence-electron chi connectivity index (χ0n) is 12.1. The van der Waals surface area contributed by atoms with Crippen molar-refractivity contribution in [1.29, 1.82) is 0 Å². The van der Waals surface area contributed by atoms with E-state index in [9.17, 15) is 4.79 Å². The third-order valence-corrected chi connectivity index (χ3v) is 5.35. The van der Waals surface area contributed by atoms with Gasteiger partial charge in [0.2, 0.25) is 5.91 Å². The Bertz CT molecular complexity index is 519. The molecule has 20 heavy (non-hydrogen) atoms. The van der Waals surface area contributed by atoms with Gasteiger partial charge in [-0.3, -0.25) is 9.69 Å². The monoisotopic (exact) mass is 292 g/mol. The molecule has 2 bridgehead atoms. The van der Waals surface area contributed by atoms with Crippen LogP contribution in [0.15, 0.2) is 24.3 Å². The van der Waals surface area contributed by atoms with E-state index in [0.717, 1.165) is 24.9 Å². The Kier molecular flexibility index (Phi) is 3.74. The Hall–Kier alpha value is -1.06. The molecule has 2 unspecified atom stereocenters. The van der Waals surface area contributed by atoms with Gasteiger partial charge >= 0.3 is 0 Å². The molecule has 1 aromatic rings. The lowest BCUT2D eigenvalue weighted by atomic mass is 9.89. The molecule has 2 aliphatic rings. The first kappa shape index (κ1) is 13.9. The third kappa shape index (κ3) is 2.23. The van der Waals surface area contributed by atoms with Gasteiger partial charge in [0.1, 0.15) is 0 Å². The maximum absolute atomic E-state index is 12.8. The molecular formula is C16H21ClN2O. The molecule has 4 heteroatoms. The number of hydrogen-bond donors (Lipinski definition) is 0. The molecule has 2 fully saturated rings. The zero-order chi connectivity index (χ0) is 14.3. The van der Waals surface area contributed by atoms with E-state index in [4.69, 9.17) is 11.6 Å². The van der Waals surface area contributed by atoms with Crippen LogP contribution in [0.2, 0.25) is 5.02 Å². The summed E-state index contributed by atoms with van der Waals surface area (Å²) in [6, 6.07) is 8.65. The number of carbonyl (C=O) groups excluding carboxylic acids is 1. The minimum absolute atomic E-state index is 0.111. The third-order valence-electron chi connectivity index (χ3n) is 5.03. The highest BCUT2D eigenvalue weighted by Crippen LogP contribution is 2.39. The summed E-state index contributed by atoms with van der Waals surface area (Å²) in [5, 5.41) is 0.636. The fraction of sp³-hybridized carbons (Fsp3) is 0.562. The van der Waals surface area contributed by atoms with Crippen molar-refractivity contribution < 1.29 is 4.79 Å². The molecule has 0 N–H and O–H groups in total. The van der Waals surface area contributed by atoms with Gasteiger partial charge in [0, 0.05) is 19.1 Å². The molecule has 0 spiro atoms. The molecular weight excluding hydrogens is 272 g/mol. The zero-order valence-corrected chi connectivity index (χ0v) is 12.8. The first-order chi connectivity index (χ1) is 9.59. The molecule has 1 aromatic carbocycles. The number of carbonyl (C=O) groups is 1. The minimum Gasteiger partial charge on any atom is -0.314 e. The van der Waals surface area contributed by atoms with E-state index in [0.29, 0.717) is 17.1 Å². The maximum Gasteiger partial charge on any atom is 0.231 e. The number of fused-ring (bicyclic) bond motifs is 2. The highest BCUT2D eigenvalue weighted by molar-refractivity contribution is 6.33. The lowest BCUT2D eigenvalue weighted by molar-refractivity contribution is -0.125. The molecule has 3 atom stereocenters. The molecule has 108 valence electrons. The van der Waals surface area contributed by atoms with Gasteiger partial charge in [-0.15, -0.1) is 0 Å². The van der Waals surface area contributed by atoms with Crippen LogP contribution < -0.4 is 4.90 Å². The van der Waals surface area contributed by atoms with Crippen LogP contribution in [0.25, 0.3) is 0 Å². The van der Waals surface area contributed by atoms with Gasteiger partial charge in [0.15, 0.2) is 0 Å². The Morgan fingerprint density at radius 2 is 1.95 bits per heavy atom. The van der Waals surface area contributed by atoms with Crippen LogP contribution in [0.3, 0.4) is 0 Å². The number of piperidine rings is 1. The summed E-state index contributed by atoms with van der Waals surface area (Å²) in [5.74, 6) is 0.315. The van der Waals surface area contributed by atoms with Gasteiger partial charge in [-0.1, -0.05) is 23.7 Å². The Labute approximate surface area is 125 Å². The number of halogens is 1. The second-order valence-electron chi connectivity index (χ2n) is 6.00. The summed E-state index contributed by atoms with van der Waals surface area (Å²) in [6.45, 7) is 0. The SMILES string of the molecule is CN(C(=O)[C@H]1CCC2CCC1N2C)c1ccccc1Cl. The predicted octanol–water partition coefficient (Wildman–Crippen LogP) is 3.18. The molecule has 0 saturated carbocycles. The molecule has 3 rings (SSSR count). The molecule has 3 nitrogen and oxygen atoms in total. The van der Waals surface area contributed by atoms with Crippen molar-refractivity contribution in [3.63, 3.8) is 0 Å². The van der Waals surface area contributed by atoms with Gasteiger partial charge in [-0.2, -0.15) is 0 Å². The van der Waals surface area contributed by atoms with E-state index in [1.54, 1.807) is 4.90 Å². The summed E-state index contributed by atoms with van der Waals surface area (Å²) in [6.07, 6.45) is 4.53. The van der Waals surface area contributed by atoms with Crippen molar-refractivity contribution in [3.05, 3.63) is 29.3 Å². The number of nitrogens with zero attached hydrogens (tertiary/aromatic N) is 2. The Morgan fingerprint density at radius 3 is 2.70 bits per heavy atom. The van der Waals surface area contributed by atoms with Crippen LogP contribution in [0, 0.1) is 5.92 Å². The van der Waals surface area contributed by atoms with Gasteiger partial charge in [-0.25, -0.2) is 0 Å². The first-order valence-electron chi connectivity index (χ1n) is 7.33. The fourth-order valence-corrected chi connectivity index (χ4v) is 4.08. The molecule has 0 aromatic heterocycles. The van der Waals surface area contributed by atoms with Gasteiger partial charge < -0.3 is 4.90 Å². The maximum atomic E-state index is 12.8. The summed E-state index contributed by atoms with van der Waals surface area (Å²) >= 11 is 6.20. The molecule has 2 heterocycles. The quantitative estimate of drug-likeness (QED) is 0.836. The van der Waals surface area contributed by atoms with Crippen LogP contribution >= 0.6 is 11.6 Å². The summed E-state index contributed by atoms with van der Waals surface area (Å²) in [5.41, 5.74) is 0.807. The average Bonchev–Trinajstić information content (AvgIpc) is 2.69. The number of benzene rings is 1. The second-order valence-corrected chi connectivity index (χ2v) is 6.40. The van der Waals surface area contributed by atoms with Crippen LogP contribution in [-0.4, -0.2) is 37.0 Å². The highest BCUT2D eigenvalue weighted by Gasteiger charge is 2.44. The van der Waals surface area contributed by atoms with Gasteiger partial charge in [0.25, 0.3) is 0 Å². The van der Waals surface area contributed by atoms with Gasteiger partial charge in [0.05, 0.1) is 16.6 Å². The molecule has 1 amide bonds. The van der Waals surface area contributed by atoms with E-state index >= 15 is 0 Å². The van der Waals surface area contributed by atoms with E-state index in [2.05, 4.69) is 11.9 Å². The number of amides is 1. The van der Waals surface area contributed by atoms with Gasteiger partial charge in [-0.05, 0) is 44.9 Å². The van der Waals surface area contributed by atoms with Crippen molar-refractivity contribution in [2.24, 2.45) is 5.92 Å². The molecule has 2 saturated heterocycles. The Morgan fingerprint density at radius 1 is 1.25 bits per heavy atom. The minimum atomic E-state index is 0.111. The largest absolute Gasteiger partial charge is 0.314 e. The van der Waals surface area contributed by atoms with Crippen molar-refractivity contribution >= 4 is 23.2 Å². The topological polar surface area (TPSA) is 23.6 Å². The fourth-order valence-electron chi connectivity index (χ4n) is 3.82. The average molecular weight is 293 g/mol. The van der Waals surface area contributed by atoms with Crippen molar-refractivity contribution in [3.8, 4) is 0 Å². The van der Waals surface area contributed by atoms with Crippen LogP contribution in [-0.2, 0) is 4.79 Å². The van der Waals surface area contributed by atoms with Crippen molar-refractivity contribution in [2.45, 2.75) is 37.8 Å². The molecule has 0 radical (unpaired) electrons. The van der Waals surface area contributed by atoms with E-state index in [1.165, 1.54) is 6.42 Å². The van der Waals surface area contributed by atoms with Crippen LogP contribution in [0.5, 0.6) is 0 Å². The number of para-hydroxylation sites is 1. The highest BCUT2D eigenvalue weighted by atomic mass is 35.5. The first-order valence-corrected chi connectivity index (χ1v) is 7.71. The summed E-state index contributed by atoms with van der Waals surface area (Å²) in [7, 11) is 4.00. The molecule has 0 aliphatic carbocycles. The summed E-state index contributed by atoms with van der Waals surface area (Å²) in [4.78, 5) is 17.0. The van der Waals surface area contributed by atoms with E-state index in [1.807, 2.05) is 31.3 Å². The second kappa shape index (κ2) is 5.38. The number of hydrogen-bond acceptors (Lipinski definition) is 2. The van der Waals surface area contributed by atoms with E-state index in [-0.39, 0.29) is 11.8 Å². The lowest BCUT2D eigenvalue weighted by Crippen LogP contribution is -2.48. The number of rotatable bonds is 2. The normalized spacial score (nSPS) is 29.4. The van der Waals surface area contributed by atoms with Crippen LogP contribution in [0.4, 0.5) is 5.69 Å². The Balaban J connectivity index is 1.80. The lowest BCUT2D eigenvalue weighted by Gasteiger charge is -2.38. The predicted molar refractivity (Wildman–Crippen MR) is 82.2 cm³/mol. The van der Waals surface area contributed by atoms with Crippen molar-refractivity contribution in [2.75, 3.05) is 19.0 Å². The van der Waals surface area contributed by atoms with Crippen LogP contribution in [0.1, 0.15) is 25.7 Å². The van der Waals surface area contributed by atoms with Crippen molar-refractivity contribution in [1.82, 2.24) is 4.90 Å². The van der Waals surface area contributed by atoms with E-state index < -0.39 is 0 Å². The summed E-state index contributed by atoms with van der Waals surface area (Å²) < 4.78 is 0.